The van der Waals surface area contributed by atoms with E-state index in [1.807, 2.05) is 0 Å². The molecule has 1 aromatic rings. The number of carbonyl (C=O) groups is 2. The number of halogens is 6. The first-order chi connectivity index (χ1) is 12.2. The summed E-state index contributed by atoms with van der Waals surface area (Å²) in [5.74, 6) is -2.45. The number of nitrogens with one attached hydrogen (secondary N) is 1. The largest absolute Gasteiger partial charge is 0.490 e. The zero-order valence-electron chi connectivity index (χ0n) is 14.0. The number of fused-ring (bicyclic) bond motifs is 1. The molecule has 150 valence electrons. The van der Waals surface area contributed by atoms with Gasteiger partial charge in [0.1, 0.15) is 12.4 Å². The SMILES string of the molecule is CC(C)(OC(=O)N(C(=O)C(F)(F)F)c1ccc2c(c1)NCCO2)C(F)(F)F. The molecule has 0 radical (unpaired) electrons. The minimum absolute atomic E-state index is 0.168. The molecule has 0 aliphatic carbocycles. The fourth-order valence-electron chi connectivity index (χ4n) is 2.02. The van der Waals surface area contributed by atoms with Gasteiger partial charge in [0.15, 0.2) is 0 Å². The van der Waals surface area contributed by atoms with Crippen molar-refractivity contribution in [3.63, 3.8) is 0 Å². The van der Waals surface area contributed by atoms with Crippen molar-refractivity contribution in [3.8, 4) is 5.75 Å². The monoisotopic (exact) mass is 400 g/mol. The van der Waals surface area contributed by atoms with Gasteiger partial charge in [-0.05, 0) is 32.0 Å². The van der Waals surface area contributed by atoms with Crippen molar-refractivity contribution >= 4 is 23.4 Å². The maximum absolute atomic E-state index is 12.9. The summed E-state index contributed by atoms with van der Waals surface area (Å²) in [7, 11) is 0. The summed E-state index contributed by atoms with van der Waals surface area (Å²) in [6.07, 6.45) is -12.7. The van der Waals surface area contributed by atoms with Gasteiger partial charge in [0, 0.05) is 6.54 Å². The van der Waals surface area contributed by atoms with Crippen LogP contribution in [0.3, 0.4) is 0 Å². The number of hydrogen-bond donors (Lipinski definition) is 1. The van der Waals surface area contributed by atoms with E-state index in [1.165, 1.54) is 6.07 Å². The van der Waals surface area contributed by atoms with Crippen molar-refractivity contribution in [2.45, 2.75) is 31.8 Å². The summed E-state index contributed by atoms with van der Waals surface area (Å²) in [5.41, 5.74) is -3.58. The molecule has 0 aromatic heterocycles. The maximum Gasteiger partial charge on any atom is 0.472 e. The van der Waals surface area contributed by atoms with Crippen molar-refractivity contribution in [2.75, 3.05) is 23.4 Å². The van der Waals surface area contributed by atoms with Gasteiger partial charge in [-0.2, -0.15) is 26.3 Å². The lowest BCUT2D eigenvalue weighted by Crippen LogP contribution is -2.51. The van der Waals surface area contributed by atoms with E-state index in [2.05, 4.69) is 10.1 Å². The predicted octanol–water partition coefficient (Wildman–Crippen LogP) is 3.86. The van der Waals surface area contributed by atoms with Crippen LogP contribution in [0.25, 0.3) is 0 Å². The van der Waals surface area contributed by atoms with Crippen molar-refractivity contribution in [2.24, 2.45) is 0 Å². The zero-order valence-corrected chi connectivity index (χ0v) is 14.0. The summed E-state index contributed by atoms with van der Waals surface area (Å²) in [6.45, 7) is 1.47. The molecular weight excluding hydrogens is 386 g/mol. The summed E-state index contributed by atoms with van der Waals surface area (Å²) >= 11 is 0. The molecule has 0 atom stereocenters. The van der Waals surface area contributed by atoms with Crippen LogP contribution in [0.2, 0.25) is 0 Å². The predicted molar refractivity (Wildman–Crippen MR) is 80.6 cm³/mol. The number of imide groups is 1. The van der Waals surface area contributed by atoms with E-state index in [9.17, 15) is 35.9 Å². The Morgan fingerprint density at radius 2 is 1.78 bits per heavy atom. The van der Waals surface area contributed by atoms with E-state index < -0.39 is 40.5 Å². The van der Waals surface area contributed by atoms with Gasteiger partial charge in [-0.3, -0.25) is 4.79 Å². The summed E-state index contributed by atoms with van der Waals surface area (Å²) in [5, 5.41) is 2.77. The van der Waals surface area contributed by atoms with E-state index >= 15 is 0 Å². The number of benzene rings is 1. The third-order valence-electron chi connectivity index (χ3n) is 3.55. The Labute approximate surface area is 149 Å². The average Bonchev–Trinajstić information content (AvgIpc) is 2.52. The topological polar surface area (TPSA) is 67.9 Å². The van der Waals surface area contributed by atoms with Gasteiger partial charge in [0.25, 0.3) is 0 Å². The number of ether oxygens (including phenoxy) is 2. The number of hydrogen-bond acceptors (Lipinski definition) is 5. The van der Waals surface area contributed by atoms with E-state index in [0.29, 0.717) is 20.4 Å². The standard InChI is InChI=1S/C15H14F6N2O4/c1-13(2,15(19,20)21)27-12(25)23(11(24)14(16,17)18)8-3-4-10-9(7-8)22-5-6-26-10/h3-4,7,22H,5-6H2,1-2H3. The van der Waals surface area contributed by atoms with Gasteiger partial charge >= 0.3 is 24.4 Å². The molecule has 2 rings (SSSR count). The molecule has 0 bridgehead atoms. The molecule has 2 amide bonds. The van der Waals surface area contributed by atoms with Gasteiger partial charge in [-0.1, -0.05) is 0 Å². The second-order valence-electron chi connectivity index (χ2n) is 5.97. The Bertz CT molecular complexity index is 745. The summed E-state index contributed by atoms with van der Waals surface area (Å²) in [4.78, 5) is 23.3. The van der Waals surface area contributed by atoms with Crippen LogP contribution in [0.5, 0.6) is 5.75 Å². The number of anilines is 2. The highest BCUT2D eigenvalue weighted by Crippen LogP contribution is 2.36. The van der Waals surface area contributed by atoms with E-state index in [1.54, 1.807) is 0 Å². The molecule has 0 saturated carbocycles. The van der Waals surface area contributed by atoms with Crippen LogP contribution < -0.4 is 15.0 Å². The summed E-state index contributed by atoms with van der Waals surface area (Å²) < 4.78 is 86.7. The first kappa shape index (κ1) is 20.6. The highest BCUT2D eigenvalue weighted by atomic mass is 19.4. The van der Waals surface area contributed by atoms with E-state index in [-0.39, 0.29) is 18.0 Å². The van der Waals surface area contributed by atoms with Crippen LogP contribution in [-0.2, 0) is 9.53 Å². The zero-order chi connectivity index (χ0) is 20.6. The highest BCUT2D eigenvalue weighted by Gasteiger charge is 2.53. The minimum atomic E-state index is -5.53. The van der Waals surface area contributed by atoms with Gasteiger partial charge < -0.3 is 14.8 Å². The van der Waals surface area contributed by atoms with Crippen molar-refractivity contribution < 1.29 is 45.4 Å². The average molecular weight is 400 g/mol. The van der Waals surface area contributed by atoms with Gasteiger partial charge in [-0.15, -0.1) is 0 Å². The Balaban J connectivity index is 2.43. The van der Waals surface area contributed by atoms with Crippen molar-refractivity contribution in [1.82, 2.24) is 0 Å². The third-order valence-corrected chi connectivity index (χ3v) is 3.55. The van der Waals surface area contributed by atoms with Crippen molar-refractivity contribution in [1.29, 1.82) is 0 Å². The number of carbonyl (C=O) groups excluding carboxylic acids is 2. The molecule has 1 aliphatic rings. The highest BCUT2D eigenvalue weighted by molar-refractivity contribution is 6.14. The fourth-order valence-corrected chi connectivity index (χ4v) is 2.02. The number of amides is 2. The lowest BCUT2D eigenvalue weighted by molar-refractivity contribution is -0.243. The first-order valence-electron chi connectivity index (χ1n) is 7.46. The van der Waals surface area contributed by atoms with Crippen molar-refractivity contribution in [3.05, 3.63) is 18.2 Å². The second kappa shape index (κ2) is 6.82. The third kappa shape index (κ3) is 4.37. The number of nitrogens with zero attached hydrogens (tertiary/aromatic N) is 1. The molecule has 1 aromatic carbocycles. The lowest BCUT2D eigenvalue weighted by Gasteiger charge is -2.31. The quantitative estimate of drug-likeness (QED) is 0.764. The maximum atomic E-state index is 12.9. The molecule has 6 nitrogen and oxygen atoms in total. The molecule has 1 heterocycles. The van der Waals surface area contributed by atoms with Gasteiger partial charge in [-0.25, -0.2) is 9.69 Å². The van der Waals surface area contributed by atoms with E-state index in [4.69, 9.17) is 4.74 Å². The molecule has 0 spiro atoms. The van der Waals surface area contributed by atoms with Crippen LogP contribution >= 0.6 is 0 Å². The molecular formula is C15H14F6N2O4. The van der Waals surface area contributed by atoms with E-state index in [0.717, 1.165) is 12.1 Å². The Kier molecular flexibility index (Phi) is 5.21. The van der Waals surface area contributed by atoms with Gasteiger partial charge in [0.05, 0.1) is 11.4 Å². The fraction of sp³-hybridized carbons (Fsp3) is 0.467. The smallest absolute Gasteiger partial charge is 0.472 e. The molecule has 1 N–H and O–H groups in total. The van der Waals surface area contributed by atoms with Crippen LogP contribution in [0.1, 0.15) is 13.8 Å². The van der Waals surface area contributed by atoms with Crippen LogP contribution in [0.4, 0.5) is 42.5 Å². The number of alkyl halides is 6. The number of rotatable bonds is 2. The second-order valence-corrected chi connectivity index (χ2v) is 5.97. The molecule has 0 fully saturated rings. The Hall–Kier alpha value is -2.66. The van der Waals surface area contributed by atoms with Gasteiger partial charge in [0.2, 0.25) is 5.60 Å². The Morgan fingerprint density at radius 1 is 1.15 bits per heavy atom. The molecule has 0 unspecified atom stereocenters. The van der Waals surface area contributed by atoms with Crippen LogP contribution in [0, 0.1) is 0 Å². The molecule has 1 aliphatic heterocycles. The lowest BCUT2D eigenvalue weighted by atomic mass is 10.1. The minimum Gasteiger partial charge on any atom is -0.490 e. The van der Waals surface area contributed by atoms with Crippen LogP contribution in [-0.4, -0.2) is 43.1 Å². The summed E-state index contributed by atoms with van der Waals surface area (Å²) in [6, 6.07) is 3.08. The first-order valence-corrected chi connectivity index (χ1v) is 7.46. The Morgan fingerprint density at radius 3 is 2.33 bits per heavy atom. The molecule has 0 saturated heterocycles. The molecule has 12 heteroatoms. The molecule has 27 heavy (non-hydrogen) atoms. The van der Waals surface area contributed by atoms with Crippen LogP contribution in [0.15, 0.2) is 18.2 Å². The normalized spacial score (nSPS) is 14.5.